The van der Waals surface area contributed by atoms with Crippen LogP contribution in [0.1, 0.15) is 32.7 Å². The van der Waals surface area contributed by atoms with Gasteiger partial charge >= 0.3 is 0 Å². The van der Waals surface area contributed by atoms with Crippen LogP contribution in [0.3, 0.4) is 0 Å². The Bertz CT molecular complexity index is 1250. The van der Waals surface area contributed by atoms with Gasteiger partial charge in [-0.25, -0.2) is 9.67 Å². The average molecular weight is 472 g/mol. The lowest BCUT2D eigenvalue weighted by molar-refractivity contribution is 0.324. The van der Waals surface area contributed by atoms with Gasteiger partial charge in [-0.3, -0.25) is 0 Å². The average Bonchev–Trinajstić information content (AvgIpc) is 3.45. The van der Waals surface area contributed by atoms with Crippen LogP contribution in [0, 0.1) is 0 Å². The van der Waals surface area contributed by atoms with Crippen LogP contribution in [0.2, 0.25) is 5.28 Å². The number of hydrogen-bond donors (Lipinski definition) is 1. The zero-order chi connectivity index (χ0) is 23.5. The highest BCUT2D eigenvalue weighted by atomic mass is 35.5. The number of ether oxygens (including phenoxy) is 3. The second-order valence-corrected chi connectivity index (χ2v) is 7.82. The molecule has 0 spiro atoms. The Morgan fingerprint density at radius 3 is 2.45 bits per heavy atom. The molecule has 4 rings (SSSR count). The van der Waals surface area contributed by atoms with Crippen molar-refractivity contribution in [1.82, 2.24) is 29.3 Å². The summed E-state index contributed by atoms with van der Waals surface area (Å²) in [4.78, 5) is 13.2. The van der Waals surface area contributed by atoms with Crippen molar-refractivity contribution in [1.29, 1.82) is 0 Å². The van der Waals surface area contributed by atoms with Crippen molar-refractivity contribution in [2.75, 3.05) is 26.6 Å². The second kappa shape index (κ2) is 9.53. The Labute approximate surface area is 196 Å². The van der Waals surface area contributed by atoms with Gasteiger partial charge in [0, 0.05) is 12.1 Å². The van der Waals surface area contributed by atoms with Crippen molar-refractivity contribution >= 4 is 34.3 Å². The molecule has 0 aliphatic rings. The van der Waals surface area contributed by atoms with E-state index >= 15 is 0 Å². The van der Waals surface area contributed by atoms with Crippen LogP contribution in [0.5, 0.6) is 17.2 Å². The molecular weight excluding hydrogens is 446 g/mol. The van der Waals surface area contributed by atoms with Gasteiger partial charge in [-0.2, -0.15) is 15.1 Å². The molecular formula is C22H26ClN7O3. The molecule has 3 aromatic heterocycles. The van der Waals surface area contributed by atoms with Crippen LogP contribution in [-0.2, 0) is 0 Å². The first-order valence-electron chi connectivity index (χ1n) is 10.5. The third-order valence-corrected chi connectivity index (χ3v) is 5.50. The van der Waals surface area contributed by atoms with Crippen LogP contribution >= 0.6 is 11.6 Å². The number of rotatable bonds is 9. The zero-order valence-corrected chi connectivity index (χ0v) is 19.9. The fourth-order valence-electron chi connectivity index (χ4n) is 3.72. The standard InChI is InChI=1S/C22H26ClN7O3/c1-6-7-13(2)30-21-15(10-25-30)20(27-22(23)28-21)26-18-11-29(12-24-18)14-8-16(31-3)19(33-5)17(9-14)32-4/h8-13H,6-7H2,1-5H3,(H,26,27,28). The van der Waals surface area contributed by atoms with E-state index in [9.17, 15) is 0 Å². The molecule has 0 saturated carbocycles. The molecule has 0 aliphatic heterocycles. The minimum absolute atomic E-state index is 0.138. The molecule has 0 bridgehead atoms. The zero-order valence-electron chi connectivity index (χ0n) is 19.2. The number of imidazole rings is 1. The number of halogens is 1. The summed E-state index contributed by atoms with van der Waals surface area (Å²) in [5.41, 5.74) is 1.47. The lowest BCUT2D eigenvalue weighted by Crippen LogP contribution is -2.08. The molecule has 1 atom stereocenters. The lowest BCUT2D eigenvalue weighted by atomic mass is 10.2. The molecule has 0 aliphatic carbocycles. The van der Waals surface area contributed by atoms with E-state index in [1.165, 1.54) is 0 Å². The number of nitrogens with zero attached hydrogens (tertiary/aromatic N) is 6. The minimum atomic E-state index is 0.138. The van der Waals surface area contributed by atoms with Gasteiger partial charge in [-0.05, 0) is 24.9 Å². The summed E-state index contributed by atoms with van der Waals surface area (Å²) in [5, 5.41) is 8.66. The molecule has 3 heterocycles. The van der Waals surface area contributed by atoms with E-state index in [0.29, 0.717) is 34.5 Å². The smallest absolute Gasteiger partial charge is 0.226 e. The summed E-state index contributed by atoms with van der Waals surface area (Å²) in [5.74, 6) is 2.74. The summed E-state index contributed by atoms with van der Waals surface area (Å²) < 4.78 is 20.0. The fourth-order valence-corrected chi connectivity index (χ4v) is 3.89. The van der Waals surface area contributed by atoms with E-state index in [4.69, 9.17) is 25.8 Å². The van der Waals surface area contributed by atoms with Gasteiger partial charge in [0.2, 0.25) is 11.0 Å². The minimum Gasteiger partial charge on any atom is -0.493 e. The SMILES string of the molecule is CCCC(C)n1ncc2c(Nc3cn(-c4cc(OC)c(OC)c(OC)c4)cn3)nc(Cl)nc21. The molecule has 33 heavy (non-hydrogen) atoms. The number of aromatic nitrogens is 6. The van der Waals surface area contributed by atoms with Gasteiger partial charge in [0.15, 0.2) is 17.1 Å². The van der Waals surface area contributed by atoms with E-state index in [1.54, 1.807) is 33.9 Å². The molecule has 11 heteroatoms. The maximum atomic E-state index is 6.23. The number of benzene rings is 1. The highest BCUT2D eigenvalue weighted by Crippen LogP contribution is 2.39. The lowest BCUT2D eigenvalue weighted by Gasteiger charge is -2.14. The maximum absolute atomic E-state index is 6.23. The normalized spacial score (nSPS) is 12.1. The first kappa shape index (κ1) is 22.7. The second-order valence-electron chi connectivity index (χ2n) is 7.48. The quantitative estimate of drug-likeness (QED) is 0.347. The highest BCUT2D eigenvalue weighted by molar-refractivity contribution is 6.28. The maximum Gasteiger partial charge on any atom is 0.226 e. The molecule has 0 saturated heterocycles. The molecule has 0 fully saturated rings. The van der Waals surface area contributed by atoms with Crippen molar-refractivity contribution in [3.8, 4) is 22.9 Å². The van der Waals surface area contributed by atoms with Gasteiger partial charge < -0.3 is 24.1 Å². The number of nitrogens with one attached hydrogen (secondary N) is 1. The fraction of sp³-hybridized carbons (Fsp3) is 0.364. The number of hydrogen-bond acceptors (Lipinski definition) is 8. The van der Waals surface area contributed by atoms with Gasteiger partial charge in [0.25, 0.3) is 0 Å². The Morgan fingerprint density at radius 1 is 1.09 bits per heavy atom. The van der Waals surface area contributed by atoms with Gasteiger partial charge in [-0.15, -0.1) is 0 Å². The monoisotopic (exact) mass is 471 g/mol. The van der Waals surface area contributed by atoms with Gasteiger partial charge in [0.1, 0.15) is 18.0 Å². The molecule has 1 unspecified atom stereocenters. The first-order valence-corrected chi connectivity index (χ1v) is 10.9. The molecule has 0 radical (unpaired) electrons. The van der Waals surface area contributed by atoms with Crippen molar-refractivity contribution in [3.63, 3.8) is 0 Å². The number of anilines is 2. The van der Waals surface area contributed by atoms with Gasteiger partial charge in [-0.1, -0.05) is 13.3 Å². The number of methoxy groups -OCH3 is 3. The van der Waals surface area contributed by atoms with E-state index in [-0.39, 0.29) is 11.3 Å². The molecule has 10 nitrogen and oxygen atoms in total. The van der Waals surface area contributed by atoms with Crippen LogP contribution < -0.4 is 19.5 Å². The summed E-state index contributed by atoms with van der Waals surface area (Å²) in [6.45, 7) is 4.25. The number of fused-ring (bicyclic) bond motifs is 1. The molecule has 0 amide bonds. The summed E-state index contributed by atoms with van der Waals surface area (Å²) in [6.07, 6.45) is 7.28. The summed E-state index contributed by atoms with van der Waals surface area (Å²) in [6, 6.07) is 3.88. The van der Waals surface area contributed by atoms with E-state index < -0.39 is 0 Å². The van der Waals surface area contributed by atoms with E-state index in [2.05, 4.69) is 39.2 Å². The Balaban J connectivity index is 1.67. The van der Waals surface area contributed by atoms with Crippen LogP contribution in [-0.4, -0.2) is 50.6 Å². The van der Waals surface area contributed by atoms with Crippen molar-refractivity contribution in [2.24, 2.45) is 0 Å². The topological polar surface area (TPSA) is 101 Å². The van der Waals surface area contributed by atoms with E-state index in [0.717, 1.165) is 23.9 Å². The Hall–Kier alpha value is -3.53. The largest absolute Gasteiger partial charge is 0.493 e. The van der Waals surface area contributed by atoms with Gasteiger partial charge in [0.05, 0.1) is 50.8 Å². The van der Waals surface area contributed by atoms with Crippen molar-refractivity contribution in [2.45, 2.75) is 32.7 Å². The van der Waals surface area contributed by atoms with Crippen LogP contribution in [0.4, 0.5) is 11.6 Å². The molecule has 1 N–H and O–H groups in total. The summed E-state index contributed by atoms with van der Waals surface area (Å²) in [7, 11) is 4.72. The first-order chi connectivity index (χ1) is 16.0. The molecule has 174 valence electrons. The predicted octanol–water partition coefficient (Wildman–Crippen LogP) is 4.80. The van der Waals surface area contributed by atoms with Crippen molar-refractivity contribution in [3.05, 3.63) is 36.1 Å². The summed E-state index contributed by atoms with van der Waals surface area (Å²) >= 11 is 6.23. The third kappa shape index (κ3) is 4.38. The Kier molecular flexibility index (Phi) is 6.55. The molecule has 1 aromatic carbocycles. The third-order valence-electron chi connectivity index (χ3n) is 5.33. The van der Waals surface area contributed by atoms with Crippen LogP contribution in [0.15, 0.2) is 30.9 Å². The van der Waals surface area contributed by atoms with Crippen LogP contribution in [0.25, 0.3) is 16.7 Å². The van der Waals surface area contributed by atoms with E-state index in [1.807, 2.05) is 27.6 Å². The molecule has 4 aromatic rings. The Morgan fingerprint density at radius 2 is 1.82 bits per heavy atom. The highest BCUT2D eigenvalue weighted by Gasteiger charge is 2.17. The van der Waals surface area contributed by atoms with Crippen molar-refractivity contribution < 1.29 is 14.2 Å². The predicted molar refractivity (Wildman–Crippen MR) is 126 cm³/mol.